The molecule has 0 unspecified atom stereocenters. The molecule has 0 fully saturated rings. The van der Waals surface area contributed by atoms with Crippen LogP contribution in [-0.4, -0.2) is 11.1 Å². The SMILES string of the molecule is N#CCCCCCCCCC(=O)NO. The van der Waals surface area contributed by atoms with Crippen molar-refractivity contribution in [3.63, 3.8) is 0 Å². The van der Waals surface area contributed by atoms with Gasteiger partial charge in [0.2, 0.25) is 5.91 Å². The van der Waals surface area contributed by atoms with Gasteiger partial charge in [-0.3, -0.25) is 10.0 Å². The van der Waals surface area contributed by atoms with Gasteiger partial charge in [-0.2, -0.15) is 5.26 Å². The fourth-order valence-electron chi connectivity index (χ4n) is 1.25. The molecule has 1 amide bonds. The highest BCUT2D eigenvalue weighted by atomic mass is 16.5. The molecule has 0 heterocycles. The van der Waals surface area contributed by atoms with E-state index in [1.807, 2.05) is 0 Å². The van der Waals surface area contributed by atoms with Crippen LogP contribution in [0.15, 0.2) is 0 Å². The first-order valence-corrected chi connectivity index (χ1v) is 5.11. The predicted molar refractivity (Wildman–Crippen MR) is 52.5 cm³/mol. The first-order chi connectivity index (χ1) is 6.81. The number of carbonyl (C=O) groups is 1. The lowest BCUT2D eigenvalue weighted by Crippen LogP contribution is -2.17. The minimum absolute atomic E-state index is 0.311. The van der Waals surface area contributed by atoms with Crippen LogP contribution in [0.2, 0.25) is 0 Å². The van der Waals surface area contributed by atoms with Gasteiger partial charge in [-0.15, -0.1) is 0 Å². The molecule has 80 valence electrons. The first-order valence-electron chi connectivity index (χ1n) is 5.11. The van der Waals surface area contributed by atoms with Gasteiger partial charge in [0.1, 0.15) is 0 Å². The molecule has 0 aromatic carbocycles. The fraction of sp³-hybridized carbons (Fsp3) is 0.800. The van der Waals surface area contributed by atoms with Gasteiger partial charge >= 0.3 is 0 Å². The van der Waals surface area contributed by atoms with E-state index in [-0.39, 0.29) is 5.91 Å². The summed E-state index contributed by atoms with van der Waals surface area (Å²) >= 11 is 0. The number of carbonyl (C=O) groups excluding carboxylic acids is 1. The van der Waals surface area contributed by atoms with Gasteiger partial charge in [0.25, 0.3) is 0 Å². The molecule has 0 saturated heterocycles. The van der Waals surface area contributed by atoms with Crippen LogP contribution in [0.5, 0.6) is 0 Å². The molecule has 0 bridgehead atoms. The number of unbranched alkanes of at least 4 members (excludes halogenated alkanes) is 6. The van der Waals surface area contributed by atoms with E-state index >= 15 is 0 Å². The number of hydrogen-bond acceptors (Lipinski definition) is 3. The summed E-state index contributed by atoms with van der Waals surface area (Å²) in [6.07, 6.45) is 7.19. The van der Waals surface area contributed by atoms with E-state index in [1.165, 1.54) is 0 Å². The Morgan fingerprint density at radius 3 is 2.29 bits per heavy atom. The van der Waals surface area contributed by atoms with Crippen LogP contribution in [0.3, 0.4) is 0 Å². The number of amides is 1. The van der Waals surface area contributed by atoms with Crippen molar-refractivity contribution in [2.75, 3.05) is 0 Å². The van der Waals surface area contributed by atoms with Crippen LogP contribution in [0.1, 0.15) is 51.4 Å². The molecule has 0 aliphatic heterocycles. The number of nitrogens with zero attached hydrogens (tertiary/aromatic N) is 1. The Morgan fingerprint density at radius 1 is 1.14 bits per heavy atom. The van der Waals surface area contributed by atoms with Crippen molar-refractivity contribution in [2.45, 2.75) is 51.4 Å². The molecule has 14 heavy (non-hydrogen) atoms. The summed E-state index contributed by atoms with van der Waals surface area (Å²) in [5.74, 6) is -0.311. The summed E-state index contributed by atoms with van der Waals surface area (Å²) in [5, 5.41) is 16.5. The third-order valence-electron chi connectivity index (χ3n) is 2.07. The molecule has 2 N–H and O–H groups in total. The lowest BCUT2D eigenvalue weighted by molar-refractivity contribution is -0.129. The number of hydrogen-bond donors (Lipinski definition) is 2. The van der Waals surface area contributed by atoms with Gasteiger partial charge in [-0.25, -0.2) is 5.48 Å². The highest BCUT2D eigenvalue weighted by molar-refractivity contribution is 5.74. The van der Waals surface area contributed by atoms with Crippen molar-refractivity contribution in [1.82, 2.24) is 5.48 Å². The van der Waals surface area contributed by atoms with Crippen LogP contribution < -0.4 is 5.48 Å². The molecule has 0 spiro atoms. The lowest BCUT2D eigenvalue weighted by Gasteiger charge is -1.99. The molecular weight excluding hydrogens is 180 g/mol. The maximum absolute atomic E-state index is 10.6. The van der Waals surface area contributed by atoms with Crippen LogP contribution >= 0.6 is 0 Å². The van der Waals surface area contributed by atoms with E-state index in [9.17, 15) is 4.79 Å². The van der Waals surface area contributed by atoms with Gasteiger partial charge < -0.3 is 0 Å². The fourth-order valence-corrected chi connectivity index (χ4v) is 1.25. The van der Waals surface area contributed by atoms with Crippen molar-refractivity contribution in [3.8, 4) is 6.07 Å². The van der Waals surface area contributed by atoms with Gasteiger partial charge in [0, 0.05) is 12.8 Å². The molecule has 0 aromatic rings. The Kier molecular flexibility index (Phi) is 9.23. The molecule has 0 aliphatic carbocycles. The number of nitriles is 1. The van der Waals surface area contributed by atoms with Crippen LogP contribution in [-0.2, 0) is 4.79 Å². The molecule has 4 heteroatoms. The van der Waals surface area contributed by atoms with Crippen LogP contribution in [0.25, 0.3) is 0 Å². The van der Waals surface area contributed by atoms with E-state index in [4.69, 9.17) is 10.5 Å². The summed E-state index contributed by atoms with van der Waals surface area (Å²) in [6.45, 7) is 0. The Bertz CT molecular complexity index is 187. The van der Waals surface area contributed by atoms with Crippen LogP contribution in [0.4, 0.5) is 0 Å². The maximum Gasteiger partial charge on any atom is 0.243 e. The average Bonchev–Trinajstić information content (AvgIpc) is 2.21. The minimum atomic E-state index is -0.311. The quantitative estimate of drug-likeness (QED) is 0.356. The number of rotatable bonds is 8. The summed E-state index contributed by atoms with van der Waals surface area (Å²) in [5.41, 5.74) is 1.61. The predicted octanol–water partition coefficient (Wildman–Crippen LogP) is 2.14. The van der Waals surface area contributed by atoms with E-state index in [0.29, 0.717) is 12.8 Å². The Balaban J connectivity index is 3.00. The van der Waals surface area contributed by atoms with Gasteiger partial charge in [0.05, 0.1) is 6.07 Å². The topological polar surface area (TPSA) is 73.1 Å². The van der Waals surface area contributed by atoms with Gasteiger partial charge in [-0.1, -0.05) is 25.7 Å². The Hall–Kier alpha value is -1.08. The summed E-state index contributed by atoms with van der Waals surface area (Å²) in [7, 11) is 0. The number of hydroxylamine groups is 1. The molecule has 0 aliphatic rings. The molecule has 0 saturated carbocycles. The largest absolute Gasteiger partial charge is 0.289 e. The van der Waals surface area contributed by atoms with Gasteiger partial charge in [0.15, 0.2) is 0 Å². The molecule has 0 rings (SSSR count). The van der Waals surface area contributed by atoms with Crippen molar-refractivity contribution >= 4 is 5.91 Å². The molecule has 0 radical (unpaired) electrons. The van der Waals surface area contributed by atoms with Crippen molar-refractivity contribution < 1.29 is 10.0 Å². The minimum Gasteiger partial charge on any atom is -0.289 e. The zero-order valence-corrected chi connectivity index (χ0v) is 8.46. The van der Waals surface area contributed by atoms with Gasteiger partial charge in [-0.05, 0) is 12.8 Å². The van der Waals surface area contributed by atoms with E-state index < -0.39 is 0 Å². The van der Waals surface area contributed by atoms with Crippen molar-refractivity contribution in [1.29, 1.82) is 5.26 Å². The highest BCUT2D eigenvalue weighted by Gasteiger charge is 1.97. The first kappa shape index (κ1) is 12.9. The average molecular weight is 198 g/mol. The second-order valence-corrected chi connectivity index (χ2v) is 3.31. The highest BCUT2D eigenvalue weighted by Crippen LogP contribution is 2.07. The van der Waals surface area contributed by atoms with E-state index in [0.717, 1.165) is 38.5 Å². The Labute approximate surface area is 84.9 Å². The zero-order valence-electron chi connectivity index (χ0n) is 8.46. The second kappa shape index (κ2) is 10.0. The number of nitrogens with one attached hydrogen (secondary N) is 1. The van der Waals surface area contributed by atoms with Crippen LogP contribution in [0, 0.1) is 11.3 Å². The second-order valence-electron chi connectivity index (χ2n) is 3.31. The smallest absolute Gasteiger partial charge is 0.243 e. The maximum atomic E-state index is 10.6. The van der Waals surface area contributed by atoms with E-state index in [1.54, 1.807) is 5.48 Å². The summed E-state index contributed by atoms with van der Waals surface area (Å²) in [6, 6.07) is 2.11. The lowest BCUT2D eigenvalue weighted by atomic mass is 10.1. The third kappa shape index (κ3) is 9.01. The third-order valence-corrected chi connectivity index (χ3v) is 2.07. The van der Waals surface area contributed by atoms with Crippen molar-refractivity contribution in [3.05, 3.63) is 0 Å². The molecule has 0 atom stereocenters. The molecule has 0 aromatic heterocycles. The van der Waals surface area contributed by atoms with E-state index in [2.05, 4.69) is 6.07 Å². The molecule has 4 nitrogen and oxygen atoms in total. The Morgan fingerprint density at radius 2 is 1.71 bits per heavy atom. The zero-order chi connectivity index (χ0) is 10.6. The standard InChI is InChI=1S/C10H18N2O2/c11-9-7-5-3-1-2-4-6-8-10(13)12-14/h14H,1-8H2,(H,12,13). The summed E-state index contributed by atoms with van der Waals surface area (Å²) < 4.78 is 0. The normalized spacial score (nSPS) is 9.43. The monoisotopic (exact) mass is 198 g/mol. The molecular formula is C10H18N2O2. The summed E-state index contributed by atoms with van der Waals surface area (Å²) in [4.78, 5) is 10.6. The van der Waals surface area contributed by atoms with Crippen molar-refractivity contribution in [2.24, 2.45) is 0 Å².